The van der Waals surface area contributed by atoms with Gasteiger partial charge < -0.3 is 14.2 Å². The molecule has 0 saturated carbocycles. The topological polar surface area (TPSA) is 30.1 Å². The average molecular weight is 665 g/mol. The first-order valence-corrected chi connectivity index (χ1v) is 17.9. The van der Waals surface area contributed by atoms with Crippen LogP contribution in [0.3, 0.4) is 0 Å². The molecule has 2 aromatic heterocycles. The van der Waals surface area contributed by atoms with Gasteiger partial charge in [-0.25, -0.2) is 0 Å². The summed E-state index contributed by atoms with van der Waals surface area (Å²) in [6, 6.07) is 65.0. The Hall–Kier alpha value is -6.68. The fourth-order valence-corrected chi connectivity index (χ4v) is 8.56. The summed E-state index contributed by atoms with van der Waals surface area (Å²) in [5.74, 6) is 0. The van der Waals surface area contributed by atoms with Crippen molar-refractivity contribution >= 4 is 43.6 Å². The second kappa shape index (κ2) is 11.2. The van der Waals surface area contributed by atoms with Gasteiger partial charge >= 0.3 is 0 Å². The molecule has 1 unspecified atom stereocenters. The average Bonchev–Trinajstić information content (AvgIpc) is 3.70. The maximum absolute atomic E-state index is 12.9. The Bertz CT molecular complexity index is 2990. The van der Waals surface area contributed by atoms with Crippen molar-refractivity contribution in [3.8, 4) is 50.2 Å². The third-order valence-electron chi connectivity index (χ3n) is 11.0. The number of aliphatic hydroxyl groups excluding tert-OH is 1. The largest absolute Gasteiger partial charge is 0.369 e. The van der Waals surface area contributed by atoms with Crippen molar-refractivity contribution < 1.29 is 5.11 Å². The Kier molecular flexibility index (Phi) is 6.24. The van der Waals surface area contributed by atoms with Crippen LogP contribution in [0.4, 0.5) is 0 Å². The molecule has 0 bridgehead atoms. The number of hydrogen-bond acceptors (Lipinski definition) is 1. The molecule has 1 aliphatic rings. The number of rotatable bonds is 4. The molecule has 0 fully saturated rings. The number of aliphatic hydroxyl groups is 1. The third-order valence-corrected chi connectivity index (χ3v) is 11.0. The van der Waals surface area contributed by atoms with Crippen LogP contribution in [0, 0.1) is 0 Å². The minimum absolute atomic E-state index is 0.886. The molecule has 1 aliphatic heterocycles. The van der Waals surface area contributed by atoms with Crippen LogP contribution in [-0.2, 0) is 0 Å². The third kappa shape index (κ3) is 4.24. The number of benzene rings is 8. The van der Waals surface area contributed by atoms with Crippen LogP contribution in [-0.4, -0.2) is 14.2 Å². The van der Waals surface area contributed by atoms with Crippen LogP contribution in [0.25, 0.3) is 93.8 Å². The summed E-state index contributed by atoms with van der Waals surface area (Å²) < 4.78 is 4.59. The van der Waals surface area contributed by atoms with Crippen LogP contribution in [0.5, 0.6) is 0 Å². The second-order valence-electron chi connectivity index (χ2n) is 13.9. The molecule has 244 valence electrons. The van der Waals surface area contributed by atoms with E-state index in [9.17, 15) is 5.11 Å². The maximum Gasteiger partial charge on any atom is 0.159 e. The van der Waals surface area contributed by atoms with Gasteiger partial charge in [0.15, 0.2) is 6.23 Å². The standard InChI is InChI=1S/C49H32N2O/c52-49-43-29-37(33-17-9-3-10-18-33)27-41-39-25-35(31-13-5-1-6-14-31)21-23-44(39)50(47(41)43)46-30-38(34-19-11-4-12-20-34)28-42-40-26-36(32-15-7-2-8-16-32)22-24-45(40)51(49)48(42)46/h1-30,49,52H. The molecular weight excluding hydrogens is 633 g/mol. The van der Waals surface area contributed by atoms with E-state index in [1.54, 1.807) is 0 Å². The lowest BCUT2D eigenvalue weighted by atomic mass is 9.97. The molecule has 1 N–H and O–H groups in total. The van der Waals surface area contributed by atoms with Crippen molar-refractivity contribution in [2.24, 2.45) is 0 Å². The molecule has 1 atom stereocenters. The van der Waals surface area contributed by atoms with Crippen molar-refractivity contribution in [3.05, 3.63) is 188 Å². The summed E-state index contributed by atoms with van der Waals surface area (Å²) >= 11 is 0. The molecular formula is C49H32N2O. The Morgan fingerprint density at radius 2 is 0.769 bits per heavy atom. The highest BCUT2D eigenvalue weighted by atomic mass is 16.3. The van der Waals surface area contributed by atoms with Crippen LogP contribution in [0.2, 0.25) is 0 Å². The lowest BCUT2D eigenvalue weighted by Crippen LogP contribution is -2.09. The van der Waals surface area contributed by atoms with Gasteiger partial charge in [-0.2, -0.15) is 0 Å². The molecule has 0 spiro atoms. The zero-order chi connectivity index (χ0) is 34.3. The van der Waals surface area contributed by atoms with E-state index in [2.05, 4.69) is 191 Å². The highest BCUT2D eigenvalue weighted by Crippen LogP contribution is 2.48. The number of nitrogens with zero attached hydrogens (tertiary/aromatic N) is 2. The van der Waals surface area contributed by atoms with Crippen LogP contribution in [0.15, 0.2) is 182 Å². The van der Waals surface area contributed by atoms with Crippen molar-refractivity contribution in [2.75, 3.05) is 0 Å². The Labute approximate surface area is 300 Å². The molecule has 0 amide bonds. The van der Waals surface area contributed by atoms with E-state index in [0.717, 1.165) is 82.7 Å². The molecule has 0 radical (unpaired) electrons. The molecule has 3 nitrogen and oxygen atoms in total. The van der Waals surface area contributed by atoms with Gasteiger partial charge in [-0.3, -0.25) is 0 Å². The normalized spacial score (nSPS) is 13.7. The zero-order valence-corrected chi connectivity index (χ0v) is 28.2. The highest BCUT2D eigenvalue weighted by Gasteiger charge is 2.31. The quantitative estimate of drug-likeness (QED) is 0.199. The minimum Gasteiger partial charge on any atom is -0.369 e. The van der Waals surface area contributed by atoms with E-state index < -0.39 is 6.23 Å². The van der Waals surface area contributed by atoms with E-state index in [0.29, 0.717) is 0 Å². The first-order valence-electron chi connectivity index (χ1n) is 17.9. The predicted molar refractivity (Wildman–Crippen MR) is 216 cm³/mol. The summed E-state index contributed by atoms with van der Waals surface area (Å²) in [5, 5.41) is 17.4. The summed E-state index contributed by atoms with van der Waals surface area (Å²) in [6.07, 6.45) is -0.922. The molecule has 0 saturated heterocycles. The van der Waals surface area contributed by atoms with E-state index in [-0.39, 0.29) is 0 Å². The van der Waals surface area contributed by atoms with Crippen LogP contribution in [0.1, 0.15) is 11.8 Å². The van der Waals surface area contributed by atoms with Gasteiger partial charge in [0.2, 0.25) is 0 Å². The molecule has 0 aliphatic carbocycles. The summed E-state index contributed by atoms with van der Waals surface area (Å²) in [4.78, 5) is 0. The lowest BCUT2D eigenvalue weighted by Gasteiger charge is -2.17. The maximum atomic E-state index is 12.9. The van der Waals surface area contributed by atoms with Crippen molar-refractivity contribution in [1.29, 1.82) is 0 Å². The van der Waals surface area contributed by atoms with Gasteiger partial charge in [0.25, 0.3) is 0 Å². The fraction of sp³-hybridized carbons (Fsp3) is 0.0204. The SMILES string of the molecule is OC1c2cc(-c3ccccc3)cc3c4cc(-c5ccccc5)ccc4n(c23)-c2cc(-c3ccccc3)cc3c4cc(-c5ccccc5)ccc4n1c23. The van der Waals surface area contributed by atoms with Crippen LogP contribution >= 0.6 is 0 Å². The minimum atomic E-state index is -0.922. The number of aromatic nitrogens is 2. The molecule has 3 heterocycles. The molecule has 10 aromatic rings. The monoisotopic (exact) mass is 664 g/mol. The molecule has 52 heavy (non-hydrogen) atoms. The van der Waals surface area contributed by atoms with E-state index >= 15 is 0 Å². The van der Waals surface area contributed by atoms with E-state index in [1.165, 1.54) is 16.7 Å². The van der Waals surface area contributed by atoms with Gasteiger partial charge in [-0.1, -0.05) is 133 Å². The smallest absolute Gasteiger partial charge is 0.159 e. The lowest BCUT2D eigenvalue weighted by molar-refractivity contribution is 0.157. The second-order valence-corrected chi connectivity index (χ2v) is 13.9. The van der Waals surface area contributed by atoms with E-state index in [1.807, 2.05) is 0 Å². The Morgan fingerprint density at radius 1 is 0.346 bits per heavy atom. The molecule has 8 aromatic carbocycles. The van der Waals surface area contributed by atoms with Gasteiger partial charge in [0.05, 0.1) is 27.8 Å². The number of fused-ring (bicyclic) bond motifs is 7. The molecule has 11 rings (SSSR count). The highest BCUT2D eigenvalue weighted by molar-refractivity contribution is 6.18. The Morgan fingerprint density at radius 3 is 1.31 bits per heavy atom. The van der Waals surface area contributed by atoms with Crippen molar-refractivity contribution in [1.82, 2.24) is 9.13 Å². The van der Waals surface area contributed by atoms with Crippen molar-refractivity contribution in [3.63, 3.8) is 0 Å². The van der Waals surface area contributed by atoms with Gasteiger partial charge in [0.1, 0.15) is 0 Å². The summed E-state index contributed by atoms with van der Waals surface area (Å²) in [5.41, 5.74) is 15.3. The first-order chi connectivity index (χ1) is 25.7. The molecule has 3 heteroatoms. The van der Waals surface area contributed by atoms with Crippen molar-refractivity contribution in [2.45, 2.75) is 6.23 Å². The van der Waals surface area contributed by atoms with Gasteiger partial charge in [-0.05, 0) is 93.0 Å². The summed E-state index contributed by atoms with van der Waals surface area (Å²) in [6.45, 7) is 0. The predicted octanol–water partition coefficient (Wildman–Crippen LogP) is 12.4. The number of hydrogen-bond donors (Lipinski definition) is 1. The van der Waals surface area contributed by atoms with Crippen LogP contribution < -0.4 is 0 Å². The van der Waals surface area contributed by atoms with Gasteiger partial charge in [-0.15, -0.1) is 0 Å². The van der Waals surface area contributed by atoms with E-state index in [4.69, 9.17) is 0 Å². The zero-order valence-electron chi connectivity index (χ0n) is 28.2. The first kappa shape index (κ1) is 29.1. The fourth-order valence-electron chi connectivity index (χ4n) is 8.56. The van der Waals surface area contributed by atoms with Gasteiger partial charge in [0, 0.05) is 27.1 Å². The summed E-state index contributed by atoms with van der Waals surface area (Å²) in [7, 11) is 0. The Balaban J connectivity index is 1.31.